The van der Waals surface area contributed by atoms with E-state index >= 15 is 0 Å². The fourth-order valence-corrected chi connectivity index (χ4v) is 3.35. The average molecular weight is 356 g/mol. The first-order valence-corrected chi connectivity index (χ1v) is 8.39. The number of aryl methyl sites for hydroxylation is 3. The molecule has 1 aromatic carbocycles. The minimum atomic E-state index is 0.410. The number of hydrogen-bond acceptors (Lipinski definition) is 1. The highest BCUT2D eigenvalue weighted by molar-refractivity contribution is 9.09. The van der Waals surface area contributed by atoms with Crippen LogP contribution in [0.1, 0.15) is 35.4 Å². The van der Waals surface area contributed by atoms with E-state index in [0.717, 1.165) is 34.6 Å². The van der Waals surface area contributed by atoms with Crippen LogP contribution < -0.4 is 0 Å². The second-order valence-corrected chi connectivity index (χ2v) is 6.18. The maximum Gasteiger partial charge on any atom is 0.0849 e. The lowest BCUT2D eigenvalue weighted by Gasteiger charge is -2.15. The van der Waals surface area contributed by atoms with Crippen LogP contribution in [0.15, 0.2) is 24.3 Å². The Morgan fingerprint density at radius 2 is 1.95 bits per heavy atom. The predicted molar refractivity (Wildman–Crippen MR) is 89.0 cm³/mol. The third kappa shape index (κ3) is 3.26. The minimum absolute atomic E-state index is 0.410. The average Bonchev–Trinajstić information content (AvgIpc) is 2.72. The number of nitrogens with zero attached hydrogens (tertiary/aromatic N) is 2. The quantitative estimate of drug-likeness (QED) is 0.713. The van der Waals surface area contributed by atoms with Gasteiger partial charge in [0.1, 0.15) is 0 Å². The van der Waals surface area contributed by atoms with Crippen molar-refractivity contribution in [3.8, 4) is 0 Å². The summed E-state index contributed by atoms with van der Waals surface area (Å²) in [5, 5.41) is 6.24. The zero-order valence-corrected chi connectivity index (χ0v) is 14.5. The van der Waals surface area contributed by atoms with Gasteiger partial charge in [-0.1, -0.05) is 64.3 Å². The molecule has 2 nitrogen and oxygen atoms in total. The monoisotopic (exact) mass is 354 g/mol. The molecule has 1 heterocycles. The first-order chi connectivity index (χ1) is 9.56. The topological polar surface area (TPSA) is 17.8 Å². The lowest BCUT2D eigenvalue weighted by Crippen LogP contribution is -2.08. The Morgan fingerprint density at radius 1 is 1.30 bits per heavy atom. The zero-order valence-electron chi connectivity index (χ0n) is 12.2. The highest BCUT2D eigenvalue weighted by Crippen LogP contribution is 2.28. The van der Waals surface area contributed by atoms with Crippen LogP contribution in [-0.4, -0.2) is 15.1 Å². The van der Waals surface area contributed by atoms with Crippen LogP contribution in [0, 0.1) is 6.92 Å². The van der Waals surface area contributed by atoms with Gasteiger partial charge < -0.3 is 0 Å². The summed E-state index contributed by atoms with van der Waals surface area (Å²) in [5.41, 5.74) is 4.73. The summed E-state index contributed by atoms with van der Waals surface area (Å²) in [6, 6.07) is 8.72. The van der Waals surface area contributed by atoms with E-state index in [9.17, 15) is 0 Å². The van der Waals surface area contributed by atoms with E-state index in [1.54, 1.807) is 0 Å². The molecule has 1 aromatic heterocycles. The summed E-state index contributed by atoms with van der Waals surface area (Å²) in [6.45, 7) is 4.19. The fraction of sp³-hybridized carbons (Fsp3) is 0.438. The van der Waals surface area contributed by atoms with Crippen molar-refractivity contribution in [2.24, 2.45) is 7.05 Å². The van der Waals surface area contributed by atoms with Gasteiger partial charge in [0.25, 0.3) is 0 Å². The molecule has 0 aliphatic carbocycles. The minimum Gasteiger partial charge on any atom is -0.271 e. The Labute approximate surface area is 134 Å². The van der Waals surface area contributed by atoms with E-state index in [1.807, 2.05) is 11.7 Å². The maximum absolute atomic E-state index is 6.44. The maximum atomic E-state index is 6.44. The number of hydrogen-bond donors (Lipinski definition) is 0. The molecule has 4 heteroatoms. The molecule has 0 bridgehead atoms. The molecular formula is C16H20BrClN2. The van der Waals surface area contributed by atoms with E-state index in [2.05, 4.69) is 59.1 Å². The SMILES string of the molecule is CCc1nn(C)c(CC(CBr)c2ccc(C)cc2)c1Cl. The van der Waals surface area contributed by atoms with E-state index in [4.69, 9.17) is 11.6 Å². The molecule has 0 fully saturated rings. The van der Waals surface area contributed by atoms with Gasteiger partial charge in [-0.2, -0.15) is 5.10 Å². The van der Waals surface area contributed by atoms with Crippen LogP contribution >= 0.6 is 27.5 Å². The summed E-state index contributed by atoms with van der Waals surface area (Å²) < 4.78 is 1.92. The normalized spacial score (nSPS) is 12.7. The van der Waals surface area contributed by atoms with Crippen molar-refractivity contribution in [3.05, 3.63) is 51.8 Å². The fourth-order valence-electron chi connectivity index (χ4n) is 2.38. The molecule has 0 radical (unpaired) electrons. The van der Waals surface area contributed by atoms with Gasteiger partial charge in [-0.15, -0.1) is 0 Å². The van der Waals surface area contributed by atoms with Crippen molar-refractivity contribution >= 4 is 27.5 Å². The van der Waals surface area contributed by atoms with Gasteiger partial charge >= 0.3 is 0 Å². The molecule has 2 rings (SSSR count). The Hall–Kier alpha value is -0.800. The molecule has 0 saturated carbocycles. The molecule has 0 spiro atoms. The standard InChI is InChI=1S/C16H20BrClN2/c1-4-14-16(18)15(20(3)19-14)9-13(10-17)12-7-5-11(2)6-8-12/h5-8,13H,4,9-10H2,1-3H3. The van der Waals surface area contributed by atoms with Crippen LogP contribution in [-0.2, 0) is 19.9 Å². The van der Waals surface area contributed by atoms with Crippen LogP contribution in [0.4, 0.5) is 0 Å². The van der Waals surface area contributed by atoms with Crippen LogP contribution in [0.25, 0.3) is 0 Å². The summed E-state index contributed by atoms with van der Waals surface area (Å²) in [7, 11) is 1.97. The lowest BCUT2D eigenvalue weighted by atomic mass is 9.95. The van der Waals surface area contributed by atoms with Crippen molar-refractivity contribution in [2.75, 3.05) is 5.33 Å². The molecule has 0 saturated heterocycles. The van der Waals surface area contributed by atoms with Crippen LogP contribution in [0.3, 0.4) is 0 Å². The molecule has 0 aliphatic heterocycles. The van der Waals surface area contributed by atoms with Gasteiger partial charge in [0.05, 0.1) is 16.4 Å². The molecule has 108 valence electrons. The first kappa shape index (κ1) is 15.6. The highest BCUT2D eigenvalue weighted by atomic mass is 79.9. The summed E-state index contributed by atoms with van der Waals surface area (Å²) in [5.74, 6) is 0.410. The van der Waals surface area contributed by atoms with E-state index in [0.29, 0.717) is 5.92 Å². The second kappa shape index (κ2) is 6.77. The molecular weight excluding hydrogens is 336 g/mol. The Kier molecular flexibility index (Phi) is 5.28. The number of rotatable bonds is 5. The summed E-state index contributed by atoms with van der Waals surface area (Å²) in [6.07, 6.45) is 1.77. The Balaban J connectivity index is 2.26. The van der Waals surface area contributed by atoms with Crippen molar-refractivity contribution in [3.63, 3.8) is 0 Å². The van der Waals surface area contributed by atoms with E-state index in [-0.39, 0.29) is 0 Å². The third-order valence-corrected chi connectivity index (χ3v) is 4.90. The number of alkyl halides is 1. The molecule has 0 amide bonds. The van der Waals surface area contributed by atoms with Gasteiger partial charge in [0.15, 0.2) is 0 Å². The van der Waals surface area contributed by atoms with Crippen molar-refractivity contribution in [1.82, 2.24) is 9.78 Å². The van der Waals surface area contributed by atoms with Gasteiger partial charge in [-0.25, -0.2) is 0 Å². The summed E-state index contributed by atoms with van der Waals surface area (Å²) >= 11 is 10.1. The third-order valence-electron chi connectivity index (χ3n) is 3.68. The number of halogens is 2. The van der Waals surface area contributed by atoms with Gasteiger partial charge in [-0.3, -0.25) is 4.68 Å². The smallest absolute Gasteiger partial charge is 0.0849 e. The predicted octanol–water partition coefficient (Wildman–Crippen LogP) is 4.67. The van der Waals surface area contributed by atoms with Crippen molar-refractivity contribution in [1.29, 1.82) is 0 Å². The van der Waals surface area contributed by atoms with Gasteiger partial charge in [0, 0.05) is 12.4 Å². The Morgan fingerprint density at radius 3 is 2.45 bits per heavy atom. The highest BCUT2D eigenvalue weighted by Gasteiger charge is 2.18. The second-order valence-electron chi connectivity index (χ2n) is 5.15. The van der Waals surface area contributed by atoms with Crippen molar-refractivity contribution in [2.45, 2.75) is 32.6 Å². The number of benzene rings is 1. The summed E-state index contributed by atoms with van der Waals surface area (Å²) in [4.78, 5) is 0. The van der Waals surface area contributed by atoms with Gasteiger partial charge in [-0.05, 0) is 31.2 Å². The van der Waals surface area contributed by atoms with E-state index < -0.39 is 0 Å². The molecule has 0 aliphatic rings. The van der Waals surface area contributed by atoms with Crippen LogP contribution in [0.2, 0.25) is 5.02 Å². The lowest BCUT2D eigenvalue weighted by molar-refractivity contribution is 0.658. The zero-order chi connectivity index (χ0) is 14.7. The van der Waals surface area contributed by atoms with E-state index in [1.165, 1.54) is 11.1 Å². The molecule has 0 N–H and O–H groups in total. The van der Waals surface area contributed by atoms with Crippen LogP contribution in [0.5, 0.6) is 0 Å². The van der Waals surface area contributed by atoms with Gasteiger partial charge in [0.2, 0.25) is 0 Å². The molecule has 2 aromatic rings. The largest absolute Gasteiger partial charge is 0.271 e. The molecule has 1 atom stereocenters. The number of aromatic nitrogens is 2. The molecule has 1 unspecified atom stereocenters. The first-order valence-electron chi connectivity index (χ1n) is 6.89. The molecule has 20 heavy (non-hydrogen) atoms. The Bertz CT molecular complexity index is 575. The van der Waals surface area contributed by atoms with Crippen molar-refractivity contribution < 1.29 is 0 Å².